The predicted molar refractivity (Wildman–Crippen MR) is 139 cm³/mol. The minimum Gasteiger partial charge on any atom is -0.507 e. The van der Waals surface area contributed by atoms with E-state index in [9.17, 15) is 9.90 Å². The molecule has 7 heteroatoms. The quantitative estimate of drug-likeness (QED) is 0.321. The van der Waals surface area contributed by atoms with Gasteiger partial charge in [0.25, 0.3) is 5.91 Å². The highest BCUT2D eigenvalue weighted by molar-refractivity contribution is 9.10. The van der Waals surface area contributed by atoms with Crippen LogP contribution in [-0.2, 0) is 6.42 Å². The van der Waals surface area contributed by atoms with Crippen LogP contribution in [0.1, 0.15) is 44.3 Å². The minimum absolute atomic E-state index is 0.0962. The lowest BCUT2D eigenvalue weighted by atomic mass is 9.94. The molecule has 2 N–H and O–H groups in total. The van der Waals surface area contributed by atoms with Crippen LogP contribution in [0, 0.1) is 13.8 Å². The van der Waals surface area contributed by atoms with Gasteiger partial charge in [0.2, 0.25) is 0 Å². The number of phenols is 1. The van der Waals surface area contributed by atoms with Crippen molar-refractivity contribution in [3.8, 4) is 22.8 Å². The number of aryl methyl sites for hydroxylation is 2. The number of nitrogens with zero attached hydrogens (tertiary/aromatic N) is 2. The van der Waals surface area contributed by atoms with E-state index in [0.717, 1.165) is 38.0 Å². The zero-order chi connectivity index (χ0) is 24.7. The summed E-state index contributed by atoms with van der Waals surface area (Å²) in [7, 11) is 1.65. The van der Waals surface area contributed by atoms with Crippen LogP contribution < -0.4 is 4.74 Å². The first-order chi connectivity index (χ1) is 16.9. The number of fused-ring (bicyclic) bond motifs is 1. The number of aromatic hydroxyl groups is 1. The summed E-state index contributed by atoms with van der Waals surface area (Å²) in [6.45, 7) is 4.39. The summed E-state index contributed by atoms with van der Waals surface area (Å²) in [5.74, 6) is 0.889. The highest BCUT2D eigenvalue weighted by Gasteiger charge is 2.42. The van der Waals surface area contributed by atoms with Gasteiger partial charge in [0.1, 0.15) is 22.9 Å². The van der Waals surface area contributed by atoms with Crippen molar-refractivity contribution in [2.75, 3.05) is 13.7 Å². The van der Waals surface area contributed by atoms with Crippen LogP contribution in [0.3, 0.4) is 0 Å². The molecule has 6 nitrogen and oxygen atoms in total. The average molecular weight is 532 g/mol. The molecule has 0 fully saturated rings. The van der Waals surface area contributed by atoms with Crippen LogP contribution in [0.25, 0.3) is 11.3 Å². The zero-order valence-electron chi connectivity index (χ0n) is 19.8. The molecule has 1 aliphatic rings. The van der Waals surface area contributed by atoms with Crippen LogP contribution in [0.15, 0.2) is 65.1 Å². The number of amides is 1. The van der Waals surface area contributed by atoms with E-state index < -0.39 is 0 Å². The van der Waals surface area contributed by atoms with Crippen LogP contribution in [0.2, 0.25) is 0 Å². The molecule has 1 aromatic heterocycles. The largest absolute Gasteiger partial charge is 0.507 e. The molecule has 1 amide bonds. The smallest absolute Gasteiger partial charge is 0.273 e. The van der Waals surface area contributed by atoms with Gasteiger partial charge in [0.15, 0.2) is 0 Å². The van der Waals surface area contributed by atoms with E-state index in [1.165, 1.54) is 0 Å². The number of ether oxygens (including phenoxy) is 1. The highest BCUT2D eigenvalue weighted by Crippen LogP contribution is 2.45. The Labute approximate surface area is 212 Å². The SMILES string of the molecule is COc1ccc(CCN2C(=O)c3[nH]nc(-c4cc(C)cc(C)c4O)c3C2c2cccc(Br)c2)cc1. The molecule has 0 saturated heterocycles. The third-order valence-corrected chi connectivity index (χ3v) is 7.02. The van der Waals surface area contributed by atoms with E-state index in [4.69, 9.17) is 4.74 Å². The summed E-state index contributed by atoms with van der Waals surface area (Å²) in [5.41, 5.74) is 6.39. The fourth-order valence-corrected chi connectivity index (χ4v) is 5.26. The molecule has 4 aromatic rings. The number of aromatic nitrogens is 2. The Kier molecular flexibility index (Phi) is 6.11. The number of halogens is 1. The lowest BCUT2D eigenvalue weighted by molar-refractivity contribution is 0.0746. The Hall–Kier alpha value is -3.58. The molecule has 2 heterocycles. The van der Waals surface area contributed by atoms with Crippen molar-refractivity contribution in [2.24, 2.45) is 0 Å². The van der Waals surface area contributed by atoms with Crippen molar-refractivity contribution in [1.82, 2.24) is 15.1 Å². The molecule has 3 aromatic carbocycles. The van der Waals surface area contributed by atoms with Crippen LogP contribution in [-0.4, -0.2) is 39.8 Å². The molecule has 178 valence electrons. The number of rotatable bonds is 6. The maximum Gasteiger partial charge on any atom is 0.273 e. The van der Waals surface area contributed by atoms with Gasteiger partial charge in [-0.05, 0) is 72.9 Å². The molecule has 1 aliphatic heterocycles. The van der Waals surface area contributed by atoms with Gasteiger partial charge in [-0.3, -0.25) is 9.89 Å². The Morgan fingerprint density at radius 2 is 1.89 bits per heavy atom. The second-order valence-corrected chi connectivity index (χ2v) is 9.81. The van der Waals surface area contributed by atoms with Gasteiger partial charge < -0.3 is 14.7 Å². The molecule has 0 saturated carbocycles. The third kappa shape index (κ3) is 4.21. The van der Waals surface area contributed by atoms with Gasteiger partial charge >= 0.3 is 0 Å². The fourth-order valence-electron chi connectivity index (χ4n) is 4.84. The molecule has 1 atom stereocenters. The Bertz CT molecular complexity index is 1410. The fraction of sp³-hybridized carbons (Fsp3) is 0.214. The van der Waals surface area contributed by atoms with Crippen molar-refractivity contribution < 1.29 is 14.6 Å². The van der Waals surface area contributed by atoms with Gasteiger partial charge in [0, 0.05) is 22.1 Å². The van der Waals surface area contributed by atoms with Crippen LogP contribution in [0.4, 0.5) is 0 Å². The minimum atomic E-state index is -0.331. The number of aromatic amines is 1. The average Bonchev–Trinajstić information content (AvgIpc) is 3.39. The molecule has 0 aliphatic carbocycles. The maximum atomic E-state index is 13.6. The van der Waals surface area contributed by atoms with E-state index in [0.29, 0.717) is 29.9 Å². The molecule has 1 unspecified atom stereocenters. The number of methoxy groups -OCH3 is 1. The van der Waals surface area contributed by atoms with Crippen LogP contribution in [0.5, 0.6) is 11.5 Å². The molecule has 35 heavy (non-hydrogen) atoms. The predicted octanol–water partition coefficient (Wildman–Crippen LogP) is 5.96. The summed E-state index contributed by atoms with van der Waals surface area (Å²) in [6.07, 6.45) is 0.697. The summed E-state index contributed by atoms with van der Waals surface area (Å²) in [4.78, 5) is 15.5. The van der Waals surface area contributed by atoms with Crippen molar-refractivity contribution >= 4 is 21.8 Å². The van der Waals surface area contributed by atoms with Gasteiger partial charge in [-0.15, -0.1) is 0 Å². The lowest BCUT2D eigenvalue weighted by Gasteiger charge is -2.27. The zero-order valence-corrected chi connectivity index (χ0v) is 21.4. The highest BCUT2D eigenvalue weighted by atomic mass is 79.9. The maximum absolute atomic E-state index is 13.6. The van der Waals surface area contributed by atoms with E-state index in [2.05, 4.69) is 26.1 Å². The number of hydrogen-bond acceptors (Lipinski definition) is 4. The van der Waals surface area contributed by atoms with Gasteiger partial charge in [0.05, 0.1) is 13.2 Å². The molecule has 0 bridgehead atoms. The number of benzene rings is 3. The summed E-state index contributed by atoms with van der Waals surface area (Å²) in [5, 5.41) is 18.4. The van der Waals surface area contributed by atoms with Crippen molar-refractivity contribution in [3.05, 3.63) is 98.6 Å². The number of nitrogens with one attached hydrogen (secondary N) is 1. The molecular formula is C28H26BrN3O3. The number of hydrogen-bond donors (Lipinski definition) is 2. The first kappa shape index (κ1) is 23.2. The van der Waals surface area contributed by atoms with Gasteiger partial charge in [-0.2, -0.15) is 5.10 Å². The topological polar surface area (TPSA) is 78.5 Å². The Morgan fingerprint density at radius 1 is 1.11 bits per heavy atom. The summed E-state index contributed by atoms with van der Waals surface area (Å²) in [6, 6.07) is 19.4. The normalized spacial score (nSPS) is 14.9. The second kappa shape index (κ2) is 9.23. The first-order valence-electron chi connectivity index (χ1n) is 11.5. The molecule has 0 radical (unpaired) electrons. The molecule has 0 spiro atoms. The van der Waals surface area contributed by atoms with Gasteiger partial charge in [-0.1, -0.05) is 46.3 Å². The van der Waals surface area contributed by atoms with E-state index in [1.54, 1.807) is 7.11 Å². The van der Waals surface area contributed by atoms with E-state index in [-0.39, 0.29) is 17.7 Å². The first-order valence-corrected chi connectivity index (χ1v) is 12.2. The van der Waals surface area contributed by atoms with Gasteiger partial charge in [-0.25, -0.2) is 0 Å². The molecular weight excluding hydrogens is 506 g/mol. The summed E-state index contributed by atoms with van der Waals surface area (Å²) < 4.78 is 6.20. The monoisotopic (exact) mass is 531 g/mol. The van der Waals surface area contributed by atoms with E-state index >= 15 is 0 Å². The second-order valence-electron chi connectivity index (χ2n) is 8.89. The number of carbonyl (C=O) groups excluding carboxylic acids is 1. The van der Waals surface area contributed by atoms with E-state index in [1.807, 2.05) is 79.4 Å². The van der Waals surface area contributed by atoms with Crippen molar-refractivity contribution in [3.63, 3.8) is 0 Å². The number of H-pyrrole nitrogens is 1. The summed E-state index contributed by atoms with van der Waals surface area (Å²) >= 11 is 3.58. The van der Waals surface area contributed by atoms with Crippen molar-refractivity contribution in [2.45, 2.75) is 26.3 Å². The molecule has 5 rings (SSSR count). The number of phenolic OH excluding ortho intramolecular Hbond substituents is 1. The third-order valence-electron chi connectivity index (χ3n) is 6.53. The van der Waals surface area contributed by atoms with Crippen LogP contribution >= 0.6 is 15.9 Å². The Balaban J connectivity index is 1.58. The number of carbonyl (C=O) groups is 1. The van der Waals surface area contributed by atoms with Crippen molar-refractivity contribution in [1.29, 1.82) is 0 Å². The standard InChI is InChI=1S/C28H26BrN3O3/c1-16-13-17(2)27(33)22(14-16)24-23-25(31-30-24)28(34)32(26(23)19-5-4-6-20(29)15-19)12-11-18-7-9-21(35-3)10-8-18/h4-10,13-15,26,33H,11-12H2,1-3H3,(H,30,31). The Morgan fingerprint density at radius 3 is 2.60 bits per heavy atom. The lowest BCUT2D eigenvalue weighted by Crippen LogP contribution is -2.31.